The van der Waals surface area contributed by atoms with E-state index in [1.54, 1.807) is 10.6 Å². The zero-order valence-electron chi connectivity index (χ0n) is 32.8. The van der Waals surface area contributed by atoms with Gasteiger partial charge in [0.05, 0.1) is 0 Å². The van der Waals surface area contributed by atoms with Gasteiger partial charge in [0.25, 0.3) is 0 Å². The van der Waals surface area contributed by atoms with Crippen LogP contribution in [0.5, 0.6) is 0 Å². The molecule has 0 spiro atoms. The van der Waals surface area contributed by atoms with Crippen molar-refractivity contribution in [1.29, 1.82) is 0 Å². The van der Waals surface area contributed by atoms with Crippen LogP contribution in [-0.2, 0) is 17.1 Å². The Morgan fingerprint density at radius 1 is 0.286 bits per heavy atom. The number of hydrogen-bond donors (Lipinski definition) is 0. The molecule has 0 heterocycles. The van der Waals surface area contributed by atoms with Crippen molar-refractivity contribution in [1.82, 2.24) is 0 Å². The summed E-state index contributed by atoms with van der Waals surface area (Å²) in [7, 11) is -0.152. The molecule has 2 heteroatoms. The van der Waals surface area contributed by atoms with Gasteiger partial charge in [0.1, 0.15) is 0 Å². The summed E-state index contributed by atoms with van der Waals surface area (Å²) in [6, 6.07) is 78.3. The molecule has 7 aromatic carbocycles. The fourth-order valence-electron chi connectivity index (χ4n) is 9.48. The summed E-state index contributed by atoms with van der Waals surface area (Å²) in [5.74, 6) is 1.79. The zero-order valence-corrected chi connectivity index (χ0v) is 34.8. The minimum Gasteiger partial charge on any atom is -0.358 e. The molecule has 0 saturated heterocycles. The van der Waals surface area contributed by atoms with Gasteiger partial charge in [-0.15, -0.1) is 0 Å². The maximum atomic E-state index is 2.34. The van der Waals surface area contributed by atoms with Gasteiger partial charge in [-0.3, -0.25) is 0 Å². The van der Waals surface area contributed by atoms with Gasteiger partial charge in [-0.25, -0.2) is 0 Å². The first-order chi connectivity index (χ1) is 26.4. The molecule has 0 radical (unpaired) electrons. The number of rotatable bonds is 8. The molecular weight excluding hydrogens is 735 g/mol. The first-order valence-corrected chi connectivity index (χ1v) is 20.9. The Morgan fingerprint density at radius 3 is 0.696 bits per heavy atom. The van der Waals surface area contributed by atoms with Gasteiger partial charge in [0.15, 0.2) is 0 Å². The normalized spacial score (nSPS) is 20.1. The third kappa shape index (κ3) is 9.53. The first-order valence-electron chi connectivity index (χ1n) is 19.5. The third-order valence-electron chi connectivity index (χ3n) is 11.6. The van der Waals surface area contributed by atoms with Gasteiger partial charge in [-0.2, -0.15) is 0 Å². The van der Waals surface area contributed by atoms with E-state index in [0.717, 1.165) is 5.66 Å². The zero-order chi connectivity index (χ0) is 35.7. The Labute approximate surface area is 349 Å². The van der Waals surface area contributed by atoms with E-state index in [2.05, 4.69) is 212 Å². The molecule has 2 aliphatic rings. The van der Waals surface area contributed by atoms with Crippen LogP contribution in [0.4, 0.5) is 0 Å². The van der Waals surface area contributed by atoms with Crippen LogP contribution < -0.4 is 10.6 Å². The van der Waals surface area contributed by atoms with Crippen LogP contribution in [-0.4, -0.2) is 5.66 Å². The Kier molecular flexibility index (Phi) is 16.1. The number of benzene rings is 7. The molecule has 2 aliphatic carbocycles. The average molecular weight is 791 g/mol. The molecule has 0 nitrogen and oxygen atoms in total. The van der Waals surface area contributed by atoms with Crippen molar-refractivity contribution < 1.29 is 17.1 Å². The third-order valence-corrected chi connectivity index (χ3v) is 14.6. The molecule has 7 aromatic rings. The molecule has 0 amide bonds. The van der Waals surface area contributed by atoms with Crippen LogP contribution in [0.2, 0.25) is 0 Å². The van der Waals surface area contributed by atoms with Crippen LogP contribution in [0.15, 0.2) is 212 Å². The van der Waals surface area contributed by atoms with Gasteiger partial charge in [0.2, 0.25) is 0 Å². The SMILES string of the molecule is [CH3-].[CH3-].[Fe+2].c1ccc(C2C(c3ccccc3)C(c3ccccc3)C(c3ccccc3)C2c2ccccc2)cc1.c1ccc(P(c2ccccc2)C2CCCC2)cc1. The van der Waals surface area contributed by atoms with E-state index in [9.17, 15) is 0 Å². The fraction of sp³-hybridized carbons (Fsp3) is 0.185. The molecule has 9 rings (SSSR count). The van der Waals surface area contributed by atoms with Crippen molar-refractivity contribution in [2.24, 2.45) is 0 Å². The Balaban J connectivity index is 0.000000243. The van der Waals surface area contributed by atoms with E-state index in [1.807, 2.05) is 0 Å². The summed E-state index contributed by atoms with van der Waals surface area (Å²) in [5, 5.41) is 3.09. The molecule has 0 atom stereocenters. The summed E-state index contributed by atoms with van der Waals surface area (Å²) in [5.41, 5.74) is 8.02. The van der Waals surface area contributed by atoms with Crippen molar-refractivity contribution in [3.8, 4) is 0 Å². The molecule has 56 heavy (non-hydrogen) atoms. The van der Waals surface area contributed by atoms with E-state index in [4.69, 9.17) is 0 Å². The van der Waals surface area contributed by atoms with E-state index in [0.29, 0.717) is 29.6 Å². The topological polar surface area (TPSA) is 0 Å². The van der Waals surface area contributed by atoms with Crippen LogP contribution >= 0.6 is 7.92 Å². The van der Waals surface area contributed by atoms with E-state index < -0.39 is 0 Å². The molecule has 2 saturated carbocycles. The Bertz CT molecular complexity index is 1780. The summed E-state index contributed by atoms with van der Waals surface area (Å²) in [6.07, 6.45) is 5.66. The monoisotopic (exact) mass is 790 g/mol. The minimum absolute atomic E-state index is 0. The molecular formula is C54H55FeP. The summed E-state index contributed by atoms with van der Waals surface area (Å²) >= 11 is 0. The first kappa shape index (κ1) is 42.6. The average Bonchev–Trinajstić information content (AvgIpc) is 3.91. The van der Waals surface area contributed by atoms with E-state index in [1.165, 1.54) is 53.5 Å². The van der Waals surface area contributed by atoms with Crippen LogP contribution in [0.3, 0.4) is 0 Å². The molecule has 284 valence electrons. The Morgan fingerprint density at radius 2 is 0.482 bits per heavy atom. The van der Waals surface area contributed by atoms with Crippen molar-refractivity contribution in [2.45, 2.75) is 60.9 Å². The second-order valence-corrected chi connectivity index (χ2v) is 17.2. The van der Waals surface area contributed by atoms with Crippen LogP contribution in [0.1, 0.15) is 83.1 Å². The van der Waals surface area contributed by atoms with Crippen molar-refractivity contribution >= 4 is 18.5 Å². The molecule has 0 unspecified atom stereocenters. The second-order valence-electron chi connectivity index (χ2n) is 14.7. The minimum atomic E-state index is -0.152. The summed E-state index contributed by atoms with van der Waals surface area (Å²) < 4.78 is 0. The molecule has 0 aliphatic heterocycles. The van der Waals surface area contributed by atoms with Crippen molar-refractivity contribution in [3.63, 3.8) is 0 Å². The fourth-order valence-corrected chi connectivity index (χ4v) is 12.5. The van der Waals surface area contributed by atoms with Crippen molar-refractivity contribution in [2.75, 3.05) is 0 Å². The van der Waals surface area contributed by atoms with Gasteiger partial charge >= 0.3 is 17.1 Å². The van der Waals surface area contributed by atoms with Gasteiger partial charge in [0, 0.05) is 0 Å². The van der Waals surface area contributed by atoms with Gasteiger partial charge in [-0.1, -0.05) is 225 Å². The molecule has 0 aromatic heterocycles. The smallest absolute Gasteiger partial charge is 0.358 e. The summed E-state index contributed by atoms with van der Waals surface area (Å²) in [4.78, 5) is 0. The second kappa shape index (κ2) is 21.1. The maximum Gasteiger partial charge on any atom is 2.00 e. The van der Waals surface area contributed by atoms with E-state index >= 15 is 0 Å². The van der Waals surface area contributed by atoms with Gasteiger partial charge < -0.3 is 14.9 Å². The van der Waals surface area contributed by atoms with Gasteiger partial charge in [-0.05, 0) is 94.4 Å². The predicted octanol–water partition coefficient (Wildman–Crippen LogP) is 13.9. The van der Waals surface area contributed by atoms with Crippen LogP contribution in [0.25, 0.3) is 0 Å². The Hall–Kier alpha value is -4.51. The largest absolute Gasteiger partial charge is 2.00 e. The maximum absolute atomic E-state index is 2.34. The van der Waals surface area contributed by atoms with Crippen molar-refractivity contribution in [3.05, 3.63) is 255 Å². The quantitative estimate of drug-likeness (QED) is 0.0817. The molecule has 2 fully saturated rings. The molecule has 0 bridgehead atoms. The summed E-state index contributed by atoms with van der Waals surface area (Å²) in [6.45, 7) is 0. The predicted molar refractivity (Wildman–Crippen MR) is 240 cm³/mol. The standard InChI is InChI=1S/C35H30.C17H19P.2CH3.Fe/c1-6-16-26(17-7-1)31-32(27-18-8-2-9-19-27)34(29-22-12-4-13-23-29)35(30-24-14-5-15-25-30)33(31)28-20-10-3-11-21-28;1-3-9-15(10-4-1)18(17-13-7-8-14-17)16-11-5-2-6-12-16;;;/h1-25,31-35H;1-6,9-12,17H,7-8,13-14H2;2*1H3;/q;;2*-1;+2. The van der Waals surface area contributed by atoms with Crippen LogP contribution in [0, 0.1) is 14.9 Å². The van der Waals surface area contributed by atoms with E-state index in [-0.39, 0.29) is 39.8 Å². The number of hydrogen-bond acceptors (Lipinski definition) is 0. The molecule has 0 N–H and O–H groups in total.